The lowest BCUT2D eigenvalue weighted by atomic mass is 9.91. The summed E-state index contributed by atoms with van der Waals surface area (Å²) >= 11 is 0. The number of nitrogens with zero attached hydrogens (tertiary/aromatic N) is 1. The quantitative estimate of drug-likeness (QED) is 0.631. The number of aliphatic imine (C=N–C) groups is 1. The molecule has 0 aliphatic rings. The second-order valence-corrected chi connectivity index (χ2v) is 7.32. The van der Waals surface area contributed by atoms with Gasteiger partial charge in [-0.05, 0) is 42.9 Å². The van der Waals surface area contributed by atoms with Crippen molar-refractivity contribution in [2.45, 2.75) is 44.4 Å². The Morgan fingerprint density at radius 1 is 1.23 bits per heavy atom. The molecule has 1 aromatic carbocycles. The molecule has 0 aliphatic heterocycles. The average molecular weight is 325 g/mol. The first kappa shape index (κ1) is 18.2. The predicted octanol–water partition coefficient (Wildman–Crippen LogP) is 1.72. The fourth-order valence-corrected chi connectivity index (χ4v) is 3.47. The first-order valence-electron chi connectivity index (χ1n) is 7.10. The first-order chi connectivity index (χ1) is 10.1. The van der Waals surface area contributed by atoms with Crippen molar-refractivity contribution in [1.82, 2.24) is 0 Å². The number of aryl methyl sites for hydroxylation is 1. The van der Waals surface area contributed by atoms with E-state index in [-0.39, 0.29) is 22.3 Å². The summed E-state index contributed by atoms with van der Waals surface area (Å²) in [5.41, 5.74) is 12.0. The van der Waals surface area contributed by atoms with Gasteiger partial charge in [-0.15, -0.1) is 0 Å². The van der Waals surface area contributed by atoms with Crippen LogP contribution in [-0.2, 0) is 9.84 Å². The maximum Gasteiger partial charge on any atom is 0.280 e. The molecule has 7 heteroatoms. The molecule has 0 heterocycles. The van der Waals surface area contributed by atoms with Crippen molar-refractivity contribution in [3.05, 3.63) is 28.8 Å². The largest absolute Gasteiger partial charge is 0.370 e. The van der Waals surface area contributed by atoms with Crippen LogP contribution in [0.3, 0.4) is 0 Å². The van der Waals surface area contributed by atoms with Gasteiger partial charge in [-0.25, -0.2) is 8.42 Å². The minimum Gasteiger partial charge on any atom is -0.370 e. The number of carbonyl (C=O) groups excluding carboxylic acids is 1. The summed E-state index contributed by atoms with van der Waals surface area (Å²) in [6.07, 6.45) is 2.78. The molecule has 1 aromatic rings. The third-order valence-corrected chi connectivity index (χ3v) is 4.80. The SMILES string of the molecule is CCC(CC)c1cc(C)c(C(=O)N=C(N)N)cc1S(C)(=O)=O. The second-order valence-electron chi connectivity index (χ2n) is 5.33. The van der Waals surface area contributed by atoms with Gasteiger partial charge in [-0.1, -0.05) is 19.9 Å². The van der Waals surface area contributed by atoms with Crippen LogP contribution in [0.25, 0.3) is 0 Å². The van der Waals surface area contributed by atoms with Crippen LogP contribution >= 0.6 is 0 Å². The van der Waals surface area contributed by atoms with Gasteiger partial charge in [0.15, 0.2) is 15.8 Å². The molecule has 0 atom stereocenters. The van der Waals surface area contributed by atoms with Crippen LogP contribution in [0.4, 0.5) is 0 Å². The summed E-state index contributed by atoms with van der Waals surface area (Å²) in [7, 11) is -3.46. The maximum atomic E-state index is 12.1. The van der Waals surface area contributed by atoms with E-state index in [0.29, 0.717) is 5.56 Å². The van der Waals surface area contributed by atoms with Gasteiger partial charge < -0.3 is 11.5 Å². The van der Waals surface area contributed by atoms with Gasteiger partial charge in [-0.2, -0.15) is 4.99 Å². The topological polar surface area (TPSA) is 116 Å². The standard InChI is InChI=1S/C15H23N3O3S/c1-5-10(6-2)12-7-9(3)11(14(19)18-15(16)17)8-13(12)22(4,20)21/h7-8,10H,5-6H2,1-4H3,(H4,16,17,18,19). The molecule has 0 saturated carbocycles. The molecule has 0 fully saturated rings. The number of sulfone groups is 1. The van der Waals surface area contributed by atoms with E-state index >= 15 is 0 Å². The lowest BCUT2D eigenvalue weighted by molar-refractivity contribution is 0.100. The summed E-state index contributed by atoms with van der Waals surface area (Å²) in [5.74, 6) is -0.872. The molecule has 0 saturated heterocycles. The second kappa shape index (κ2) is 6.91. The lowest BCUT2D eigenvalue weighted by Crippen LogP contribution is -2.24. The molecule has 6 nitrogen and oxygen atoms in total. The Balaban J connectivity index is 3.62. The molecule has 122 valence electrons. The van der Waals surface area contributed by atoms with Gasteiger partial charge in [-0.3, -0.25) is 4.79 Å². The van der Waals surface area contributed by atoms with Crippen LogP contribution in [0, 0.1) is 6.92 Å². The van der Waals surface area contributed by atoms with Crippen LogP contribution in [0.2, 0.25) is 0 Å². The number of carbonyl (C=O) groups is 1. The lowest BCUT2D eigenvalue weighted by Gasteiger charge is -2.19. The van der Waals surface area contributed by atoms with Crippen molar-refractivity contribution in [3.63, 3.8) is 0 Å². The van der Waals surface area contributed by atoms with Crippen molar-refractivity contribution in [1.29, 1.82) is 0 Å². The van der Waals surface area contributed by atoms with E-state index in [1.54, 1.807) is 13.0 Å². The van der Waals surface area contributed by atoms with Crippen LogP contribution in [0.5, 0.6) is 0 Å². The van der Waals surface area contributed by atoms with Crippen molar-refractivity contribution in [2.75, 3.05) is 6.26 Å². The zero-order valence-corrected chi connectivity index (χ0v) is 14.2. The van der Waals surface area contributed by atoms with Crippen LogP contribution < -0.4 is 11.5 Å². The molecule has 1 amide bonds. The van der Waals surface area contributed by atoms with Gasteiger partial charge in [0.05, 0.1) is 4.90 Å². The molecule has 0 spiro atoms. The number of nitrogens with two attached hydrogens (primary N) is 2. The van der Waals surface area contributed by atoms with E-state index in [1.165, 1.54) is 6.07 Å². The Labute approximate surface area is 131 Å². The van der Waals surface area contributed by atoms with E-state index in [4.69, 9.17) is 11.5 Å². The Kier molecular flexibility index (Phi) is 5.71. The summed E-state index contributed by atoms with van der Waals surface area (Å²) < 4.78 is 24.2. The minimum absolute atomic E-state index is 0.121. The molecule has 0 bridgehead atoms. The zero-order chi connectivity index (χ0) is 17.1. The van der Waals surface area contributed by atoms with Crippen LogP contribution in [0.1, 0.15) is 54.1 Å². The third-order valence-electron chi connectivity index (χ3n) is 3.64. The molecule has 0 aliphatic carbocycles. The number of guanidine groups is 1. The Hall–Kier alpha value is -1.89. The summed E-state index contributed by atoms with van der Waals surface area (Å²) in [4.78, 5) is 15.7. The predicted molar refractivity (Wildman–Crippen MR) is 87.8 cm³/mol. The van der Waals surface area contributed by atoms with Gasteiger partial charge in [0.25, 0.3) is 5.91 Å². The Morgan fingerprint density at radius 2 is 1.77 bits per heavy atom. The van der Waals surface area contributed by atoms with Gasteiger partial charge >= 0.3 is 0 Å². The Bertz CT molecular complexity index is 701. The number of hydrogen-bond donors (Lipinski definition) is 2. The number of rotatable bonds is 5. The molecule has 4 N–H and O–H groups in total. The van der Waals surface area contributed by atoms with E-state index in [1.807, 2.05) is 13.8 Å². The van der Waals surface area contributed by atoms with Crippen molar-refractivity contribution >= 4 is 21.7 Å². The highest BCUT2D eigenvalue weighted by atomic mass is 32.2. The number of hydrogen-bond acceptors (Lipinski definition) is 3. The Morgan fingerprint density at radius 3 is 2.18 bits per heavy atom. The fourth-order valence-electron chi connectivity index (χ4n) is 2.49. The van der Waals surface area contributed by atoms with Gasteiger partial charge in [0, 0.05) is 11.8 Å². The van der Waals surface area contributed by atoms with Crippen LogP contribution in [0.15, 0.2) is 22.0 Å². The zero-order valence-electron chi connectivity index (χ0n) is 13.4. The average Bonchev–Trinajstić information content (AvgIpc) is 2.37. The highest BCUT2D eigenvalue weighted by Crippen LogP contribution is 2.31. The number of benzene rings is 1. The fraction of sp³-hybridized carbons (Fsp3) is 0.467. The van der Waals surface area contributed by atoms with Crippen molar-refractivity contribution < 1.29 is 13.2 Å². The summed E-state index contributed by atoms with van der Waals surface area (Å²) in [6.45, 7) is 5.76. The monoisotopic (exact) mass is 325 g/mol. The van der Waals surface area contributed by atoms with E-state index in [9.17, 15) is 13.2 Å². The molecular weight excluding hydrogens is 302 g/mol. The molecular formula is C15H23N3O3S. The highest BCUT2D eigenvalue weighted by Gasteiger charge is 2.22. The summed E-state index contributed by atoms with van der Waals surface area (Å²) in [6, 6.07) is 3.14. The van der Waals surface area contributed by atoms with Crippen molar-refractivity contribution in [3.8, 4) is 0 Å². The van der Waals surface area contributed by atoms with E-state index in [0.717, 1.165) is 24.7 Å². The molecule has 22 heavy (non-hydrogen) atoms. The number of amides is 1. The molecule has 0 aromatic heterocycles. The van der Waals surface area contributed by atoms with E-state index in [2.05, 4.69) is 4.99 Å². The van der Waals surface area contributed by atoms with E-state index < -0.39 is 15.7 Å². The summed E-state index contributed by atoms with van der Waals surface area (Å²) in [5, 5.41) is 0. The van der Waals surface area contributed by atoms with Crippen molar-refractivity contribution in [2.24, 2.45) is 16.5 Å². The van der Waals surface area contributed by atoms with Gasteiger partial charge in [0.1, 0.15) is 0 Å². The molecule has 0 radical (unpaired) electrons. The van der Waals surface area contributed by atoms with Gasteiger partial charge in [0.2, 0.25) is 0 Å². The smallest absolute Gasteiger partial charge is 0.280 e. The highest BCUT2D eigenvalue weighted by molar-refractivity contribution is 7.90. The molecule has 1 rings (SSSR count). The molecule has 0 unspecified atom stereocenters. The maximum absolute atomic E-state index is 12.1. The normalized spacial score (nSPS) is 11.5. The third kappa shape index (κ3) is 4.07. The first-order valence-corrected chi connectivity index (χ1v) is 8.99. The van der Waals surface area contributed by atoms with Crippen LogP contribution in [-0.4, -0.2) is 26.5 Å². The minimum atomic E-state index is -3.46.